The molecule has 0 fully saturated rings. The van der Waals surface area contributed by atoms with Crippen LogP contribution in [0.4, 0.5) is 13.2 Å². The Morgan fingerprint density at radius 3 is 2.35 bits per heavy atom. The maximum Gasteiger partial charge on any atom is 0.433 e. The summed E-state index contributed by atoms with van der Waals surface area (Å²) in [5, 5.41) is 0. The van der Waals surface area contributed by atoms with Crippen LogP contribution in [0.5, 0.6) is 0 Å². The summed E-state index contributed by atoms with van der Waals surface area (Å²) in [7, 11) is 0. The van der Waals surface area contributed by atoms with E-state index in [1.54, 1.807) is 30.3 Å². The predicted molar refractivity (Wildman–Crippen MR) is 76.0 cm³/mol. The van der Waals surface area contributed by atoms with Crippen LogP contribution in [0.25, 0.3) is 0 Å². The van der Waals surface area contributed by atoms with Gasteiger partial charge in [-0.1, -0.05) is 36.4 Å². The van der Waals surface area contributed by atoms with E-state index in [1.165, 1.54) is 12.1 Å². The van der Waals surface area contributed by atoms with E-state index < -0.39 is 17.8 Å². The van der Waals surface area contributed by atoms with Gasteiger partial charge in [0.1, 0.15) is 5.69 Å². The second-order valence-corrected chi connectivity index (χ2v) is 4.81. The minimum absolute atomic E-state index is 0.0611. The number of carbonyl (C=O) groups is 2. The minimum atomic E-state index is -4.56. The third-order valence-electron chi connectivity index (χ3n) is 3.08. The van der Waals surface area contributed by atoms with Crippen LogP contribution in [0.2, 0.25) is 0 Å². The standard InChI is InChI=1S/C16H13F3N2O2/c17-16(18,19)14-8-4-7-13(20-14)10-21(15(23)11-22)9-12-5-2-1-3-6-12/h1-8,11H,9-10H2. The van der Waals surface area contributed by atoms with E-state index in [0.29, 0.717) is 0 Å². The van der Waals surface area contributed by atoms with Gasteiger partial charge in [-0.3, -0.25) is 9.59 Å². The molecular formula is C16H13F3N2O2. The second-order valence-electron chi connectivity index (χ2n) is 4.81. The second kappa shape index (κ2) is 7.04. The summed E-state index contributed by atoms with van der Waals surface area (Å²) >= 11 is 0. The normalized spacial score (nSPS) is 11.1. The number of alkyl halides is 3. The molecule has 2 rings (SSSR count). The van der Waals surface area contributed by atoms with Crippen LogP contribution in [0, 0.1) is 0 Å². The average Bonchev–Trinajstić information content (AvgIpc) is 2.54. The Labute approximate surface area is 130 Å². The average molecular weight is 322 g/mol. The van der Waals surface area contributed by atoms with Crippen molar-refractivity contribution in [2.45, 2.75) is 19.3 Å². The molecular weight excluding hydrogens is 309 g/mol. The fourth-order valence-corrected chi connectivity index (χ4v) is 2.01. The molecule has 0 radical (unpaired) electrons. The van der Waals surface area contributed by atoms with Crippen LogP contribution in [0.1, 0.15) is 17.0 Å². The number of nitrogens with zero attached hydrogens (tertiary/aromatic N) is 2. The van der Waals surface area contributed by atoms with Crippen molar-refractivity contribution in [2.75, 3.05) is 0 Å². The number of halogens is 3. The van der Waals surface area contributed by atoms with Gasteiger partial charge >= 0.3 is 6.18 Å². The summed E-state index contributed by atoms with van der Waals surface area (Å²) in [4.78, 5) is 27.1. The van der Waals surface area contributed by atoms with Crippen LogP contribution >= 0.6 is 0 Å². The van der Waals surface area contributed by atoms with E-state index in [-0.39, 0.29) is 25.1 Å². The lowest BCUT2D eigenvalue weighted by Gasteiger charge is -2.20. The Bertz CT molecular complexity index is 687. The minimum Gasteiger partial charge on any atom is -0.326 e. The maximum absolute atomic E-state index is 12.7. The van der Waals surface area contributed by atoms with Crippen molar-refractivity contribution in [2.24, 2.45) is 0 Å². The molecule has 0 atom stereocenters. The fraction of sp³-hybridized carbons (Fsp3) is 0.188. The number of aromatic nitrogens is 1. The Morgan fingerprint density at radius 2 is 1.74 bits per heavy atom. The van der Waals surface area contributed by atoms with Crippen LogP contribution in [0.3, 0.4) is 0 Å². The number of pyridine rings is 1. The van der Waals surface area contributed by atoms with Crippen molar-refractivity contribution in [3.05, 3.63) is 65.5 Å². The molecule has 0 aliphatic carbocycles. The number of hydrogen-bond donors (Lipinski definition) is 0. The van der Waals surface area contributed by atoms with Crippen LogP contribution in [-0.4, -0.2) is 22.1 Å². The molecule has 2 aromatic rings. The van der Waals surface area contributed by atoms with E-state index in [0.717, 1.165) is 16.5 Å². The van der Waals surface area contributed by atoms with Crippen molar-refractivity contribution in [3.8, 4) is 0 Å². The van der Waals surface area contributed by atoms with Gasteiger partial charge in [-0.05, 0) is 17.7 Å². The maximum atomic E-state index is 12.7. The SMILES string of the molecule is O=CC(=O)N(Cc1ccccc1)Cc1cccc(C(F)(F)F)n1. The molecule has 0 N–H and O–H groups in total. The number of hydrogen-bond acceptors (Lipinski definition) is 3. The van der Waals surface area contributed by atoms with E-state index in [4.69, 9.17) is 0 Å². The van der Waals surface area contributed by atoms with Gasteiger partial charge < -0.3 is 4.90 Å². The molecule has 1 aromatic heterocycles. The lowest BCUT2D eigenvalue weighted by molar-refractivity contribution is -0.141. The monoisotopic (exact) mass is 322 g/mol. The highest BCUT2D eigenvalue weighted by Crippen LogP contribution is 2.27. The Kier molecular flexibility index (Phi) is 5.10. The summed E-state index contributed by atoms with van der Waals surface area (Å²) in [5.74, 6) is -0.812. The third kappa shape index (κ3) is 4.64. The molecule has 0 aliphatic rings. The van der Waals surface area contributed by atoms with Crippen LogP contribution in [0.15, 0.2) is 48.5 Å². The van der Waals surface area contributed by atoms with Gasteiger partial charge in [0.25, 0.3) is 5.91 Å². The van der Waals surface area contributed by atoms with Crippen LogP contribution < -0.4 is 0 Å². The predicted octanol–water partition coefficient (Wildman–Crippen LogP) is 2.83. The number of benzene rings is 1. The zero-order chi connectivity index (χ0) is 16.9. The van der Waals surface area contributed by atoms with Gasteiger partial charge in [0.05, 0.1) is 12.2 Å². The molecule has 0 aliphatic heterocycles. The molecule has 7 heteroatoms. The van der Waals surface area contributed by atoms with Crippen molar-refractivity contribution < 1.29 is 22.8 Å². The molecule has 0 saturated carbocycles. The van der Waals surface area contributed by atoms with E-state index >= 15 is 0 Å². The number of rotatable bonds is 5. The molecule has 0 saturated heterocycles. The first-order chi connectivity index (χ1) is 10.9. The summed E-state index contributed by atoms with van der Waals surface area (Å²) < 4.78 is 38.0. The highest BCUT2D eigenvalue weighted by molar-refractivity contribution is 6.23. The fourth-order valence-electron chi connectivity index (χ4n) is 2.01. The van der Waals surface area contributed by atoms with Gasteiger partial charge in [-0.25, -0.2) is 4.98 Å². The summed E-state index contributed by atoms with van der Waals surface area (Å²) in [6.45, 7) is -0.0767. The van der Waals surface area contributed by atoms with Crippen molar-refractivity contribution in [1.82, 2.24) is 9.88 Å². The highest BCUT2D eigenvalue weighted by atomic mass is 19.4. The van der Waals surface area contributed by atoms with Crippen LogP contribution in [-0.2, 0) is 28.9 Å². The van der Waals surface area contributed by atoms with Crippen molar-refractivity contribution >= 4 is 12.2 Å². The molecule has 23 heavy (non-hydrogen) atoms. The quantitative estimate of drug-likeness (QED) is 0.628. The third-order valence-corrected chi connectivity index (χ3v) is 3.08. The van der Waals surface area contributed by atoms with Gasteiger partial charge in [-0.15, -0.1) is 0 Å². The smallest absolute Gasteiger partial charge is 0.326 e. The molecule has 120 valence electrons. The zero-order valence-corrected chi connectivity index (χ0v) is 12.0. The van der Waals surface area contributed by atoms with Crippen molar-refractivity contribution in [3.63, 3.8) is 0 Å². The molecule has 1 amide bonds. The number of carbonyl (C=O) groups excluding carboxylic acids is 2. The van der Waals surface area contributed by atoms with E-state index in [9.17, 15) is 22.8 Å². The molecule has 0 bridgehead atoms. The van der Waals surface area contributed by atoms with E-state index in [2.05, 4.69) is 4.98 Å². The van der Waals surface area contributed by atoms with Gasteiger partial charge in [0.2, 0.25) is 6.29 Å². The molecule has 1 heterocycles. The molecule has 0 spiro atoms. The summed E-state index contributed by atoms with van der Waals surface area (Å²) in [5.41, 5.74) is -0.214. The summed E-state index contributed by atoms with van der Waals surface area (Å²) in [6.07, 6.45) is -4.43. The molecule has 4 nitrogen and oxygen atoms in total. The largest absolute Gasteiger partial charge is 0.433 e. The first kappa shape index (κ1) is 16.7. The lowest BCUT2D eigenvalue weighted by Crippen LogP contribution is -2.31. The Hall–Kier alpha value is -2.70. The van der Waals surface area contributed by atoms with Crippen molar-refractivity contribution in [1.29, 1.82) is 0 Å². The van der Waals surface area contributed by atoms with Gasteiger partial charge in [0.15, 0.2) is 0 Å². The molecule has 1 aromatic carbocycles. The van der Waals surface area contributed by atoms with Gasteiger partial charge in [0, 0.05) is 6.54 Å². The lowest BCUT2D eigenvalue weighted by atomic mass is 10.2. The first-order valence-corrected chi connectivity index (χ1v) is 6.71. The van der Waals surface area contributed by atoms with E-state index in [1.807, 2.05) is 0 Å². The first-order valence-electron chi connectivity index (χ1n) is 6.71. The number of amides is 1. The summed E-state index contributed by atoms with van der Waals surface area (Å²) in [6, 6.07) is 12.3. The van der Waals surface area contributed by atoms with Gasteiger partial charge in [-0.2, -0.15) is 13.2 Å². The zero-order valence-electron chi connectivity index (χ0n) is 12.0. The Balaban J connectivity index is 2.21. The molecule has 0 unspecified atom stereocenters. The number of aldehydes is 1. The highest BCUT2D eigenvalue weighted by Gasteiger charge is 2.32. The Morgan fingerprint density at radius 1 is 1.04 bits per heavy atom. The topological polar surface area (TPSA) is 50.3 Å².